The van der Waals surface area contributed by atoms with E-state index in [1.807, 2.05) is 37.3 Å². The molecular weight excluding hydrogens is 210 g/mol. The van der Waals surface area contributed by atoms with Crippen molar-refractivity contribution in [2.75, 3.05) is 0 Å². The molecule has 0 amide bonds. The highest BCUT2D eigenvalue weighted by atomic mass is 16.3. The van der Waals surface area contributed by atoms with Gasteiger partial charge in [0.2, 0.25) is 0 Å². The van der Waals surface area contributed by atoms with E-state index in [-0.39, 0.29) is 6.61 Å². The predicted molar refractivity (Wildman–Crippen MR) is 68.8 cm³/mol. The molecule has 1 N–H and O–H groups in total. The summed E-state index contributed by atoms with van der Waals surface area (Å²) in [5.74, 6) is 0. The number of rotatable bonds is 2. The minimum Gasteiger partial charge on any atom is -0.392 e. The van der Waals surface area contributed by atoms with Crippen LogP contribution < -0.4 is 0 Å². The van der Waals surface area contributed by atoms with Crippen molar-refractivity contribution >= 4 is 5.69 Å². The van der Waals surface area contributed by atoms with Crippen LogP contribution >= 0.6 is 0 Å². The Kier molecular flexibility index (Phi) is 3.22. The van der Waals surface area contributed by atoms with Gasteiger partial charge in [0.15, 0.2) is 5.69 Å². The molecule has 2 nitrogen and oxygen atoms in total. The highest BCUT2D eigenvalue weighted by Crippen LogP contribution is 2.26. The average Bonchev–Trinajstić information content (AvgIpc) is 2.38. The van der Waals surface area contributed by atoms with Gasteiger partial charge in [0.05, 0.1) is 13.2 Å². The molecule has 0 aliphatic carbocycles. The quantitative estimate of drug-likeness (QED) is 0.771. The SMILES string of the molecule is [C-]#[N+]c1cccc(-c2cc(C)cc(CO)c2)c1. The summed E-state index contributed by atoms with van der Waals surface area (Å²) in [5, 5.41) is 9.19. The highest BCUT2D eigenvalue weighted by molar-refractivity contribution is 5.69. The van der Waals surface area contributed by atoms with Crippen LogP contribution in [0.5, 0.6) is 0 Å². The highest BCUT2D eigenvalue weighted by Gasteiger charge is 2.02. The van der Waals surface area contributed by atoms with E-state index in [1.54, 1.807) is 6.07 Å². The van der Waals surface area contributed by atoms with Crippen LogP contribution in [0.4, 0.5) is 5.69 Å². The number of benzene rings is 2. The number of nitrogens with zero attached hydrogens (tertiary/aromatic N) is 1. The van der Waals surface area contributed by atoms with Crippen molar-refractivity contribution in [1.82, 2.24) is 0 Å². The van der Waals surface area contributed by atoms with E-state index < -0.39 is 0 Å². The lowest BCUT2D eigenvalue weighted by molar-refractivity contribution is 0.282. The summed E-state index contributed by atoms with van der Waals surface area (Å²) >= 11 is 0. The molecule has 0 saturated carbocycles. The topological polar surface area (TPSA) is 24.6 Å². The van der Waals surface area contributed by atoms with Gasteiger partial charge in [0, 0.05) is 0 Å². The van der Waals surface area contributed by atoms with Crippen LogP contribution in [0.1, 0.15) is 11.1 Å². The molecule has 0 heterocycles. The Morgan fingerprint density at radius 2 is 1.94 bits per heavy atom. The van der Waals surface area contributed by atoms with Gasteiger partial charge >= 0.3 is 0 Å². The third-order valence-corrected chi connectivity index (χ3v) is 2.63. The summed E-state index contributed by atoms with van der Waals surface area (Å²) in [4.78, 5) is 3.42. The molecule has 0 unspecified atom stereocenters. The molecule has 0 fully saturated rings. The Labute approximate surface area is 101 Å². The lowest BCUT2D eigenvalue weighted by atomic mass is 10.0. The Hall–Kier alpha value is -2.11. The molecule has 0 aromatic heterocycles. The van der Waals surface area contributed by atoms with E-state index in [0.717, 1.165) is 22.3 Å². The Balaban J connectivity index is 2.52. The molecule has 0 bridgehead atoms. The summed E-state index contributed by atoms with van der Waals surface area (Å²) in [6, 6.07) is 13.5. The fourth-order valence-electron chi connectivity index (χ4n) is 1.88. The minimum absolute atomic E-state index is 0.0389. The number of hydrogen-bond acceptors (Lipinski definition) is 1. The molecule has 2 aromatic rings. The van der Waals surface area contributed by atoms with Crippen molar-refractivity contribution in [3.8, 4) is 11.1 Å². The monoisotopic (exact) mass is 223 g/mol. The third-order valence-electron chi connectivity index (χ3n) is 2.63. The van der Waals surface area contributed by atoms with E-state index in [9.17, 15) is 5.11 Å². The van der Waals surface area contributed by atoms with Gasteiger partial charge in [-0.2, -0.15) is 0 Å². The summed E-state index contributed by atoms with van der Waals surface area (Å²) in [6.07, 6.45) is 0. The Morgan fingerprint density at radius 3 is 2.65 bits per heavy atom. The lowest BCUT2D eigenvalue weighted by Gasteiger charge is -2.06. The van der Waals surface area contributed by atoms with Gasteiger partial charge < -0.3 is 5.11 Å². The van der Waals surface area contributed by atoms with Gasteiger partial charge in [0.25, 0.3) is 0 Å². The summed E-state index contributed by atoms with van der Waals surface area (Å²) in [7, 11) is 0. The Morgan fingerprint density at radius 1 is 1.12 bits per heavy atom. The van der Waals surface area contributed by atoms with Crippen molar-refractivity contribution in [2.45, 2.75) is 13.5 Å². The zero-order valence-corrected chi connectivity index (χ0v) is 9.64. The second-order valence-electron chi connectivity index (χ2n) is 4.03. The first-order valence-electron chi connectivity index (χ1n) is 5.42. The first kappa shape index (κ1) is 11.4. The molecule has 0 aliphatic heterocycles. The zero-order chi connectivity index (χ0) is 12.3. The van der Waals surface area contributed by atoms with E-state index in [0.29, 0.717) is 5.69 Å². The molecule has 0 saturated heterocycles. The fraction of sp³-hybridized carbons (Fsp3) is 0.133. The maximum absolute atomic E-state index is 9.19. The molecule has 84 valence electrons. The van der Waals surface area contributed by atoms with Crippen LogP contribution in [-0.4, -0.2) is 5.11 Å². The molecule has 2 aromatic carbocycles. The van der Waals surface area contributed by atoms with Crippen LogP contribution in [0, 0.1) is 13.5 Å². The average molecular weight is 223 g/mol. The van der Waals surface area contributed by atoms with Crippen molar-refractivity contribution < 1.29 is 5.11 Å². The number of aryl methyl sites for hydroxylation is 1. The lowest BCUT2D eigenvalue weighted by Crippen LogP contribution is -1.87. The van der Waals surface area contributed by atoms with Gasteiger partial charge in [0.1, 0.15) is 0 Å². The zero-order valence-electron chi connectivity index (χ0n) is 9.64. The molecule has 0 radical (unpaired) electrons. The van der Waals surface area contributed by atoms with Crippen molar-refractivity contribution in [2.24, 2.45) is 0 Å². The van der Waals surface area contributed by atoms with E-state index >= 15 is 0 Å². The normalized spacial score (nSPS) is 9.94. The molecular formula is C15H13NO. The van der Waals surface area contributed by atoms with Crippen molar-refractivity contribution in [1.29, 1.82) is 0 Å². The van der Waals surface area contributed by atoms with Crippen molar-refractivity contribution in [3.63, 3.8) is 0 Å². The standard InChI is InChI=1S/C15H13NO/c1-11-6-12(10-17)8-14(7-11)13-4-3-5-15(9-13)16-2/h3-9,17H,10H2,1H3. The van der Waals surface area contributed by atoms with Crippen molar-refractivity contribution in [3.05, 3.63) is 65.0 Å². The van der Waals surface area contributed by atoms with Crippen LogP contribution in [0.15, 0.2) is 42.5 Å². The molecule has 0 aliphatic rings. The van der Waals surface area contributed by atoms with Crippen LogP contribution in [-0.2, 0) is 6.61 Å². The molecule has 17 heavy (non-hydrogen) atoms. The van der Waals surface area contributed by atoms with Crippen LogP contribution in [0.25, 0.3) is 16.0 Å². The molecule has 2 rings (SSSR count). The fourth-order valence-corrected chi connectivity index (χ4v) is 1.88. The van der Waals surface area contributed by atoms with Gasteiger partial charge in [-0.3, -0.25) is 0 Å². The van der Waals surface area contributed by atoms with Crippen LogP contribution in [0.3, 0.4) is 0 Å². The van der Waals surface area contributed by atoms with E-state index in [4.69, 9.17) is 6.57 Å². The number of aliphatic hydroxyl groups excluding tert-OH is 1. The van der Waals surface area contributed by atoms with E-state index in [2.05, 4.69) is 10.9 Å². The number of hydrogen-bond donors (Lipinski definition) is 1. The number of aliphatic hydroxyl groups is 1. The Bertz CT molecular complexity index is 582. The molecule has 0 spiro atoms. The second-order valence-corrected chi connectivity index (χ2v) is 4.03. The third kappa shape index (κ3) is 2.52. The maximum Gasteiger partial charge on any atom is 0.187 e. The molecule has 2 heteroatoms. The summed E-state index contributed by atoms with van der Waals surface area (Å²) in [5.41, 5.74) is 4.69. The second kappa shape index (κ2) is 4.82. The molecule has 0 atom stereocenters. The van der Waals surface area contributed by atoms with E-state index in [1.165, 1.54) is 0 Å². The van der Waals surface area contributed by atoms with Gasteiger partial charge in [-0.1, -0.05) is 35.9 Å². The smallest absolute Gasteiger partial charge is 0.187 e. The largest absolute Gasteiger partial charge is 0.392 e. The maximum atomic E-state index is 9.19. The summed E-state index contributed by atoms with van der Waals surface area (Å²) < 4.78 is 0. The predicted octanol–water partition coefficient (Wildman–Crippen LogP) is 3.71. The minimum atomic E-state index is 0.0389. The summed E-state index contributed by atoms with van der Waals surface area (Å²) in [6.45, 7) is 9.05. The first-order valence-corrected chi connectivity index (χ1v) is 5.42. The van der Waals surface area contributed by atoms with Gasteiger partial charge in [-0.15, -0.1) is 0 Å². The van der Waals surface area contributed by atoms with Gasteiger partial charge in [-0.05, 0) is 35.7 Å². The van der Waals surface area contributed by atoms with Crippen LogP contribution in [0.2, 0.25) is 0 Å². The first-order chi connectivity index (χ1) is 8.22. The van der Waals surface area contributed by atoms with Gasteiger partial charge in [-0.25, -0.2) is 4.85 Å².